The Bertz CT molecular complexity index is 948. The monoisotopic (exact) mass is 378 g/mol. The van der Waals surface area contributed by atoms with Crippen molar-refractivity contribution < 1.29 is 9.21 Å². The van der Waals surface area contributed by atoms with Crippen LogP contribution in [-0.2, 0) is 17.9 Å². The second kappa shape index (κ2) is 9.60. The summed E-state index contributed by atoms with van der Waals surface area (Å²) in [4.78, 5) is 16.2. The van der Waals surface area contributed by atoms with Crippen molar-refractivity contribution in [2.45, 2.75) is 26.4 Å². The van der Waals surface area contributed by atoms with Crippen LogP contribution in [0.15, 0.2) is 64.0 Å². The summed E-state index contributed by atoms with van der Waals surface area (Å²) in [5.41, 5.74) is 3.09. The highest BCUT2D eigenvalue weighted by Crippen LogP contribution is 2.24. The van der Waals surface area contributed by atoms with Gasteiger partial charge < -0.3 is 20.4 Å². The summed E-state index contributed by atoms with van der Waals surface area (Å²) in [6.07, 6.45) is 0.372. The van der Waals surface area contributed by atoms with Crippen molar-refractivity contribution in [3.8, 4) is 0 Å². The third kappa shape index (κ3) is 5.13. The number of carbonyl (C=O) groups excluding carboxylic acids is 1. The molecule has 0 aliphatic carbocycles. The first-order valence-corrected chi connectivity index (χ1v) is 9.39. The number of aryl methyl sites for hydroxylation is 1. The Balaban J connectivity index is 1.42. The standard InChI is InChI=1S/C22H26N4O2/c1-16-18-10-6-7-11-19(18)28-20(16)15-26-22(23-2)24-13-12-21(27)25-14-17-8-4-3-5-9-17/h3-11H,12-15H2,1-2H3,(H,25,27)(H2,23,24,26). The molecule has 0 aliphatic rings. The molecule has 0 aliphatic heterocycles. The number of guanidine groups is 1. The van der Waals surface area contributed by atoms with Crippen molar-refractivity contribution in [2.75, 3.05) is 13.6 Å². The largest absolute Gasteiger partial charge is 0.459 e. The van der Waals surface area contributed by atoms with Gasteiger partial charge in [0.25, 0.3) is 0 Å². The molecule has 6 nitrogen and oxygen atoms in total. The third-order valence-electron chi connectivity index (χ3n) is 4.56. The summed E-state index contributed by atoms with van der Waals surface area (Å²) in [5, 5.41) is 10.4. The van der Waals surface area contributed by atoms with E-state index >= 15 is 0 Å². The van der Waals surface area contributed by atoms with Crippen LogP contribution in [-0.4, -0.2) is 25.5 Å². The van der Waals surface area contributed by atoms with Crippen LogP contribution in [0, 0.1) is 6.92 Å². The van der Waals surface area contributed by atoms with E-state index in [1.165, 1.54) is 0 Å². The number of rotatable bonds is 7. The van der Waals surface area contributed by atoms with Gasteiger partial charge in [-0.2, -0.15) is 0 Å². The van der Waals surface area contributed by atoms with E-state index in [2.05, 4.69) is 33.9 Å². The molecule has 2 aromatic carbocycles. The zero-order chi connectivity index (χ0) is 19.8. The quantitative estimate of drug-likeness (QED) is 0.436. The smallest absolute Gasteiger partial charge is 0.222 e. The molecule has 3 rings (SSSR count). The number of carbonyl (C=O) groups is 1. The Morgan fingerprint density at radius 2 is 1.71 bits per heavy atom. The number of hydrogen-bond acceptors (Lipinski definition) is 3. The summed E-state index contributed by atoms with van der Waals surface area (Å²) >= 11 is 0. The minimum Gasteiger partial charge on any atom is -0.459 e. The predicted octanol–water partition coefficient (Wildman–Crippen LogP) is 3.11. The molecular weight excluding hydrogens is 352 g/mol. The molecule has 1 heterocycles. The van der Waals surface area contributed by atoms with Gasteiger partial charge >= 0.3 is 0 Å². The lowest BCUT2D eigenvalue weighted by molar-refractivity contribution is -0.121. The van der Waals surface area contributed by atoms with Gasteiger partial charge in [0, 0.05) is 37.5 Å². The Labute approximate surface area is 165 Å². The first-order chi connectivity index (χ1) is 13.7. The molecule has 3 aromatic rings. The average molecular weight is 378 g/mol. The molecular formula is C22H26N4O2. The first kappa shape index (κ1) is 19.5. The van der Waals surface area contributed by atoms with E-state index in [1.54, 1.807) is 7.05 Å². The third-order valence-corrected chi connectivity index (χ3v) is 4.56. The zero-order valence-corrected chi connectivity index (χ0v) is 16.3. The summed E-state index contributed by atoms with van der Waals surface area (Å²) in [6, 6.07) is 17.9. The molecule has 3 N–H and O–H groups in total. The van der Waals surface area contributed by atoms with Crippen LogP contribution in [0.25, 0.3) is 11.0 Å². The molecule has 146 valence electrons. The lowest BCUT2D eigenvalue weighted by Crippen LogP contribution is -2.38. The highest BCUT2D eigenvalue weighted by molar-refractivity contribution is 5.83. The van der Waals surface area contributed by atoms with Gasteiger partial charge in [0.05, 0.1) is 6.54 Å². The van der Waals surface area contributed by atoms with E-state index in [4.69, 9.17) is 4.42 Å². The van der Waals surface area contributed by atoms with E-state index in [1.807, 2.05) is 48.5 Å². The van der Waals surface area contributed by atoms with Crippen molar-refractivity contribution >= 4 is 22.8 Å². The summed E-state index contributed by atoms with van der Waals surface area (Å²) in [7, 11) is 1.70. The maximum atomic E-state index is 12.0. The minimum atomic E-state index is -0.0000604. The van der Waals surface area contributed by atoms with E-state index in [-0.39, 0.29) is 5.91 Å². The fourth-order valence-electron chi connectivity index (χ4n) is 2.96. The molecule has 0 bridgehead atoms. The molecule has 28 heavy (non-hydrogen) atoms. The zero-order valence-electron chi connectivity index (χ0n) is 16.3. The van der Waals surface area contributed by atoms with Gasteiger partial charge in [-0.15, -0.1) is 0 Å². The van der Waals surface area contributed by atoms with Crippen LogP contribution in [0.4, 0.5) is 0 Å². The van der Waals surface area contributed by atoms with Crippen LogP contribution < -0.4 is 16.0 Å². The molecule has 1 amide bonds. The van der Waals surface area contributed by atoms with Gasteiger partial charge in [0.2, 0.25) is 5.91 Å². The fraction of sp³-hybridized carbons (Fsp3) is 0.273. The highest BCUT2D eigenvalue weighted by atomic mass is 16.3. The molecule has 0 unspecified atom stereocenters. The lowest BCUT2D eigenvalue weighted by atomic mass is 10.1. The maximum absolute atomic E-state index is 12.0. The number of nitrogens with one attached hydrogen (secondary N) is 3. The highest BCUT2D eigenvalue weighted by Gasteiger charge is 2.10. The van der Waals surface area contributed by atoms with Crippen LogP contribution in [0.1, 0.15) is 23.3 Å². The number of amides is 1. The summed E-state index contributed by atoms with van der Waals surface area (Å²) in [6.45, 7) is 3.62. The van der Waals surface area contributed by atoms with Gasteiger partial charge in [0.1, 0.15) is 11.3 Å². The van der Waals surface area contributed by atoms with E-state index in [0.29, 0.717) is 32.0 Å². The van der Waals surface area contributed by atoms with Gasteiger partial charge in [0.15, 0.2) is 5.96 Å². The van der Waals surface area contributed by atoms with Gasteiger partial charge in [-0.05, 0) is 18.6 Å². The van der Waals surface area contributed by atoms with E-state index in [0.717, 1.165) is 27.9 Å². The molecule has 0 saturated heterocycles. The van der Waals surface area contributed by atoms with Crippen molar-refractivity contribution in [2.24, 2.45) is 4.99 Å². The molecule has 6 heteroatoms. The van der Waals surface area contributed by atoms with Gasteiger partial charge in [-0.1, -0.05) is 48.5 Å². The minimum absolute atomic E-state index is 0.0000604. The van der Waals surface area contributed by atoms with E-state index in [9.17, 15) is 4.79 Å². The Kier molecular flexibility index (Phi) is 6.68. The number of aliphatic imine (C=N–C) groups is 1. The van der Waals surface area contributed by atoms with Crippen molar-refractivity contribution in [1.29, 1.82) is 0 Å². The Hall–Kier alpha value is -3.28. The molecule has 1 aromatic heterocycles. The Morgan fingerprint density at radius 1 is 0.964 bits per heavy atom. The normalized spacial score (nSPS) is 11.4. The Morgan fingerprint density at radius 3 is 2.46 bits per heavy atom. The van der Waals surface area contributed by atoms with Crippen LogP contribution in [0.5, 0.6) is 0 Å². The average Bonchev–Trinajstić information content (AvgIpc) is 3.05. The number of nitrogens with zero attached hydrogens (tertiary/aromatic N) is 1. The lowest BCUT2D eigenvalue weighted by Gasteiger charge is -2.11. The van der Waals surface area contributed by atoms with Crippen LogP contribution in [0.2, 0.25) is 0 Å². The van der Waals surface area contributed by atoms with Gasteiger partial charge in [-0.3, -0.25) is 9.79 Å². The van der Waals surface area contributed by atoms with Crippen molar-refractivity contribution in [1.82, 2.24) is 16.0 Å². The van der Waals surface area contributed by atoms with E-state index < -0.39 is 0 Å². The second-order valence-electron chi connectivity index (χ2n) is 6.51. The first-order valence-electron chi connectivity index (χ1n) is 9.39. The molecule has 0 atom stereocenters. The van der Waals surface area contributed by atoms with Crippen molar-refractivity contribution in [3.63, 3.8) is 0 Å². The second-order valence-corrected chi connectivity index (χ2v) is 6.51. The van der Waals surface area contributed by atoms with Crippen molar-refractivity contribution in [3.05, 3.63) is 71.5 Å². The number of benzene rings is 2. The van der Waals surface area contributed by atoms with Gasteiger partial charge in [-0.25, -0.2) is 0 Å². The number of hydrogen-bond donors (Lipinski definition) is 3. The molecule has 0 radical (unpaired) electrons. The van der Waals surface area contributed by atoms with Crippen LogP contribution >= 0.6 is 0 Å². The number of furan rings is 1. The number of fused-ring (bicyclic) bond motifs is 1. The molecule has 0 fully saturated rings. The summed E-state index contributed by atoms with van der Waals surface area (Å²) in [5.74, 6) is 1.51. The maximum Gasteiger partial charge on any atom is 0.222 e. The topological polar surface area (TPSA) is 78.7 Å². The number of para-hydroxylation sites is 1. The van der Waals surface area contributed by atoms with Crippen LogP contribution in [0.3, 0.4) is 0 Å². The predicted molar refractivity (Wildman–Crippen MR) is 112 cm³/mol. The molecule has 0 saturated carbocycles. The summed E-state index contributed by atoms with van der Waals surface area (Å²) < 4.78 is 5.90. The SMILES string of the molecule is CN=C(NCCC(=O)NCc1ccccc1)NCc1oc2ccccc2c1C. The fourth-order valence-corrected chi connectivity index (χ4v) is 2.96. The molecule has 0 spiro atoms.